The van der Waals surface area contributed by atoms with Gasteiger partial charge in [-0.15, -0.1) is 11.6 Å². The summed E-state index contributed by atoms with van der Waals surface area (Å²) in [6.07, 6.45) is 8.88. The van der Waals surface area contributed by atoms with Crippen molar-refractivity contribution in [3.8, 4) is 5.75 Å². The molecule has 1 fully saturated rings. The van der Waals surface area contributed by atoms with Crippen LogP contribution < -0.4 is 10.1 Å². The second-order valence-electron chi connectivity index (χ2n) is 8.95. The van der Waals surface area contributed by atoms with Crippen molar-refractivity contribution in [2.24, 2.45) is 0 Å². The summed E-state index contributed by atoms with van der Waals surface area (Å²) in [5.74, 6) is -0.976. The molecule has 3 atom stereocenters. The number of esters is 1. The van der Waals surface area contributed by atoms with Gasteiger partial charge in [-0.1, -0.05) is 55.8 Å². The Balaban J connectivity index is 1.81. The van der Waals surface area contributed by atoms with Gasteiger partial charge in [0.15, 0.2) is 6.04 Å². The number of hydrogen-bond donors (Lipinski definition) is 1. The van der Waals surface area contributed by atoms with Crippen LogP contribution in [0.3, 0.4) is 0 Å². The molecule has 0 aromatic heterocycles. The third-order valence-electron chi connectivity index (χ3n) is 5.93. The van der Waals surface area contributed by atoms with E-state index in [0.717, 1.165) is 50.2 Å². The first-order valence-electron chi connectivity index (χ1n) is 12.9. The van der Waals surface area contributed by atoms with Crippen molar-refractivity contribution in [1.82, 2.24) is 10.2 Å². The van der Waals surface area contributed by atoms with Crippen LogP contribution in [0.5, 0.6) is 5.75 Å². The lowest BCUT2D eigenvalue weighted by molar-refractivity contribution is -0.164. The SMILES string of the molecule is C=C(CCl)C(C(=O)OCc1cccc(OC)c1)N1C(=O)C(NC(=O)CC=CCCCCCOCCC)C1Cl. The van der Waals surface area contributed by atoms with E-state index in [1.807, 2.05) is 6.08 Å². The van der Waals surface area contributed by atoms with Gasteiger partial charge in [-0.05, 0) is 49.0 Å². The van der Waals surface area contributed by atoms with Crippen molar-refractivity contribution in [1.29, 1.82) is 0 Å². The predicted molar refractivity (Wildman–Crippen MR) is 148 cm³/mol. The molecule has 0 bridgehead atoms. The minimum Gasteiger partial charge on any atom is -0.497 e. The van der Waals surface area contributed by atoms with Crippen LogP contribution in [-0.2, 0) is 30.5 Å². The van der Waals surface area contributed by atoms with E-state index in [1.165, 1.54) is 0 Å². The molecular weight excluding hydrogens is 531 g/mol. The summed E-state index contributed by atoms with van der Waals surface area (Å²) in [6, 6.07) is 4.96. The highest BCUT2D eigenvalue weighted by molar-refractivity contribution is 6.27. The Hall–Kier alpha value is -2.55. The van der Waals surface area contributed by atoms with E-state index in [0.29, 0.717) is 11.3 Å². The molecule has 1 saturated heterocycles. The number of ether oxygens (including phenoxy) is 3. The minimum atomic E-state index is -1.16. The zero-order chi connectivity index (χ0) is 27.9. The van der Waals surface area contributed by atoms with Crippen LogP contribution >= 0.6 is 23.2 Å². The number of unbranched alkanes of at least 4 members (excludes halogenated alkanes) is 3. The van der Waals surface area contributed by atoms with Crippen molar-refractivity contribution < 1.29 is 28.6 Å². The van der Waals surface area contributed by atoms with Gasteiger partial charge in [-0.25, -0.2) is 4.79 Å². The first-order chi connectivity index (χ1) is 18.3. The van der Waals surface area contributed by atoms with Gasteiger partial charge in [0.1, 0.15) is 23.9 Å². The number of hydrogen-bond acceptors (Lipinski definition) is 6. The van der Waals surface area contributed by atoms with Crippen LogP contribution in [0.15, 0.2) is 48.6 Å². The molecule has 0 aliphatic carbocycles. The number of rotatable bonds is 18. The van der Waals surface area contributed by atoms with Gasteiger partial charge in [0.05, 0.1) is 7.11 Å². The Labute approximate surface area is 235 Å². The molecule has 38 heavy (non-hydrogen) atoms. The van der Waals surface area contributed by atoms with Crippen LogP contribution in [0.4, 0.5) is 0 Å². The van der Waals surface area contributed by atoms with E-state index in [2.05, 4.69) is 18.8 Å². The number of β-lactam (4-membered cyclic amide) rings is 1. The second-order valence-corrected chi connectivity index (χ2v) is 9.67. The molecule has 2 amide bonds. The lowest BCUT2D eigenvalue weighted by Gasteiger charge is -2.47. The van der Waals surface area contributed by atoms with Gasteiger partial charge >= 0.3 is 5.97 Å². The van der Waals surface area contributed by atoms with Crippen LogP contribution in [0.25, 0.3) is 0 Å². The number of benzene rings is 1. The van der Waals surface area contributed by atoms with Crippen LogP contribution in [0.1, 0.15) is 51.0 Å². The maximum Gasteiger partial charge on any atom is 0.333 e. The van der Waals surface area contributed by atoms with Gasteiger partial charge in [-0.2, -0.15) is 0 Å². The van der Waals surface area contributed by atoms with Gasteiger partial charge in [0.2, 0.25) is 5.91 Å². The topological polar surface area (TPSA) is 94.2 Å². The molecule has 1 heterocycles. The number of nitrogens with zero attached hydrogens (tertiary/aromatic N) is 1. The van der Waals surface area contributed by atoms with Crippen LogP contribution in [0, 0.1) is 0 Å². The third-order valence-corrected chi connectivity index (χ3v) is 6.74. The zero-order valence-electron chi connectivity index (χ0n) is 22.1. The zero-order valence-corrected chi connectivity index (χ0v) is 23.6. The van der Waals surface area contributed by atoms with Crippen molar-refractivity contribution in [3.05, 3.63) is 54.1 Å². The molecule has 1 aliphatic heterocycles. The van der Waals surface area contributed by atoms with Crippen molar-refractivity contribution in [2.45, 2.75) is 69.6 Å². The number of likely N-dealkylation sites (tertiary alicyclic amines) is 1. The molecule has 3 unspecified atom stereocenters. The lowest BCUT2D eigenvalue weighted by Crippen LogP contribution is -2.72. The molecule has 0 saturated carbocycles. The lowest BCUT2D eigenvalue weighted by atomic mass is 9.99. The van der Waals surface area contributed by atoms with E-state index < -0.39 is 29.5 Å². The number of allylic oxidation sites excluding steroid dienone is 1. The fourth-order valence-corrected chi connectivity index (χ4v) is 4.38. The summed E-state index contributed by atoms with van der Waals surface area (Å²) in [7, 11) is 1.54. The highest BCUT2D eigenvalue weighted by Gasteiger charge is 2.53. The molecule has 2 rings (SSSR count). The fourth-order valence-electron chi connectivity index (χ4n) is 3.85. The fraction of sp³-hybridized carbons (Fsp3) is 0.536. The number of carbonyl (C=O) groups is 3. The standard InChI is InChI=1S/C28H38Cl2N2O6/c1-4-15-37-16-10-8-6-5-7-9-14-23(33)31-24-26(30)32(27(24)34)25(20(2)18-29)28(35)38-19-21-12-11-13-22(17-21)36-3/h7,9,11-13,17,24-26H,2,4-6,8,10,14-16,18-19H2,1,3H3,(H,31,33). The molecular formula is C28H38Cl2N2O6. The highest BCUT2D eigenvalue weighted by Crippen LogP contribution is 2.30. The van der Waals surface area contributed by atoms with Gasteiger partial charge in [0, 0.05) is 25.5 Å². The van der Waals surface area contributed by atoms with E-state index >= 15 is 0 Å². The minimum absolute atomic E-state index is 0.0315. The first kappa shape index (κ1) is 31.7. The summed E-state index contributed by atoms with van der Waals surface area (Å²) in [5.41, 5.74) is 0.0371. The molecule has 10 heteroatoms. The van der Waals surface area contributed by atoms with E-state index in [4.69, 9.17) is 37.4 Å². The first-order valence-corrected chi connectivity index (χ1v) is 13.8. The monoisotopic (exact) mass is 568 g/mol. The van der Waals surface area contributed by atoms with E-state index in [9.17, 15) is 14.4 Å². The number of halogens is 2. The number of carbonyl (C=O) groups excluding carboxylic acids is 3. The smallest absolute Gasteiger partial charge is 0.333 e. The third kappa shape index (κ3) is 9.64. The normalized spacial score (nSPS) is 17.7. The van der Waals surface area contributed by atoms with Crippen molar-refractivity contribution >= 4 is 41.0 Å². The molecule has 0 radical (unpaired) electrons. The van der Waals surface area contributed by atoms with Gasteiger partial charge < -0.3 is 24.4 Å². The van der Waals surface area contributed by atoms with Crippen molar-refractivity contribution in [3.63, 3.8) is 0 Å². The Morgan fingerprint density at radius 3 is 2.68 bits per heavy atom. The Bertz CT molecular complexity index is 970. The molecule has 1 N–H and O–H groups in total. The van der Waals surface area contributed by atoms with Crippen LogP contribution in [0.2, 0.25) is 0 Å². The number of amides is 2. The number of alkyl halides is 2. The molecule has 1 aromatic rings. The molecule has 1 aliphatic rings. The summed E-state index contributed by atoms with van der Waals surface area (Å²) >= 11 is 12.4. The average molecular weight is 570 g/mol. The summed E-state index contributed by atoms with van der Waals surface area (Å²) in [6.45, 7) is 7.45. The molecule has 8 nitrogen and oxygen atoms in total. The molecule has 1 aromatic carbocycles. The van der Waals surface area contributed by atoms with E-state index in [1.54, 1.807) is 37.5 Å². The quantitative estimate of drug-likeness (QED) is 0.0687. The summed E-state index contributed by atoms with van der Waals surface area (Å²) in [4.78, 5) is 39.3. The average Bonchev–Trinajstić information content (AvgIpc) is 2.93. The maximum atomic E-state index is 12.9. The molecule has 0 spiro atoms. The van der Waals surface area contributed by atoms with Crippen molar-refractivity contribution in [2.75, 3.05) is 26.2 Å². The number of methoxy groups -OCH3 is 1. The predicted octanol–water partition coefficient (Wildman–Crippen LogP) is 4.73. The largest absolute Gasteiger partial charge is 0.497 e. The van der Waals surface area contributed by atoms with Gasteiger partial charge in [-0.3, -0.25) is 9.59 Å². The van der Waals surface area contributed by atoms with E-state index in [-0.39, 0.29) is 30.4 Å². The highest BCUT2D eigenvalue weighted by atomic mass is 35.5. The van der Waals surface area contributed by atoms with Gasteiger partial charge in [0.25, 0.3) is 5.91 Å². The number of nitrogens with one attached hydrogen (secondary N) is 1. The molecule has 210 valence electrons. The maximum absolute atomic E-state index is 12.9. The Kier molecular flexibility index (Phi) is 14.3. The second kappa shape index (κ2) is 17.1. The van der Waals surface area contributed by atoms with Crippen LogP contribution in [-0.4, -0.2) is 66.5 Å². The Morgan fingerprint density at radius 2 is 2.00 bits per heavy atom. The summed E-state index contributed by atoms with van der Waals surface area (Å²) < 4.78 is 16.1. The Morgan fingerprint density at radius 1 is 1.21 bits per heavy atom. The summed E-state index contributed by atoms with van der Waals surface area (Å²) in [5, 5.41) is 2.64.